The quantitative estimate of drug-likeness (QED) is 0.572. The fourth-order valence-corrected chi connectivity index (χ4v) is 1.16. The molecule has 1 heterocycles. The standard InChI is InChI=1S/C11H17N3/c1-11(2,3)14-10(12)8-9-6-4-5-7-13-9/h4-7H,8H2,1-3H3,(H2,12,14). The first-order valence-electron chi connectivity index (χ1n) is 4.71. The van der Waals surface area contributed by atoms with E-state index in [1.165, 1.54) is 0 Å². The van der Waals surface area contributed by atoms with Gasteiger partial charge < -0.3 is 5.73 Å². The van der Waals surface area contributed by atoms with Gasteiger partial charge >= 0.3 is 0 Å². The van der Waals surface area contributed by atoms with Gasteiger partial charge in [-0.05, 0) is 32.9 Å². The highest BCUT2D eigenvalue weighted by Crippen LogP contribution is 2.06. The second kappa shape index (κ2) is 4.22. The molecule has 1 rings (SSSR count). The Kier molecular flexibility index (Phi) is 3.23. The van der Waals surface area contributed by atoms with E-state index in [1.807, 2.05) is 39.0 Å². The van der Waals surface area contributed by atoms with E-state index in [2.05, 4.69) is 9.98 Å². The Labute approximate surface area is 85.1 Å². The summed E-state index contributed by atoms with van der Waals surface area (Å²) in [6.45, 7) is 6.08. The molecular formula is C11H17N3. The predicted octanol–water partition coefficient (Wildman–Crippen LogP) is 1.78. The van der Waals surface area contributed by atoms with Gasteiger partial charge in [0.1, 0.15) is 5.84 Å². The second-order valence-electron chi connectivity index (χ2n) is 4.27. The van der Waals surface area contributed by atoms with Gasteiger partial charge in [0.25, 0.3) is 0 Å². The Balaban J connectivity index is 2.67. The lowest BCUT2D eigenvalue weighted by molar-refractivity contribution is 0.581. The van der Waals surface area contributed by atoms with Crippen LogP contribution in [0, 0.1) is 0 Å². The molecular weight excluding hydrogens is 174 g/mol. The molecule has 1 aromatic rings. The van der Waals surface area contributed by atoms with Crippen LogP contribution in [0.3, 0.4) is 0 Å². The Morgan fingerprint density at radius 1 is 1.43 bits per heavy atom. The van der Waals surface area contributed by atoms with Gasteiger partial charge in [-0.2, -0.15) is 0 Å². The van der Waals surface area contributed by atoms with E-state index >= 15 is 0 Å². The van der Waals surface area contributed by atoms with Gasteiger partial charge in [-0.1, -0.05) is 6.07 Å². The number of aromatic nitrogens is 1. The van der Waals surface area contributed by atoms with Crippen LogP contribution in [0.15, 0.2) is 29.4 Å². The molecule has 3 nitrogen and oxygen atoms in total. The number of rotatable bonds is 2. The molecule has 0 saturated carbocycles. The second-order valence-corrected chi connectivity index (χ2v) is 4.27. The number of pyridine rings is 1. The van der Waals surface area contributed by atoms with E-state index in [9.17, 15) is 0 Å². The number of amidine groups is 1. The molecule has 0 fully saturated rings. The van der Waals surface area contributed by atoms with Gasteiger partial charge in [-0.3, -0.25) is 9.98 Å². The van der Waals surface area contributed by atoms with Gasteiger partial charge in [0.2, 0.25) is 0 Å². The zero-order valence-electron chi connectivity index (χ0n) is 8.99. The summed E-state index contributed by atoms with van der Waals surface area (Å²) in [5, 5.41) is 0. The van der Waals surface area contributed by atoms with Crippen LogP contribution >= 0.6 is 0 Å². The number of nitrogens with zero attached hydrogens (tertiary/aromatic N) is 2. The summed E-state index contributed by atoms with van der Waals surface area (Å²) in [6.07, 6.45) is 2.39. The van der Waals surface area contributed by atoms with Crippen LogP contribution in [-0.2, 0) is 6.42 Å². The largest absolute Gasteiger partial charge is 0.387 e. The average Bonchev–Trinajstić information content (AvgIpc) is 2.02. The third kappa shape index (κ3) is 4.03. The van der Waals surface area contributed by atoms with Crippen molar-refractivity contribution >= 4 is 5.84 Å². The smallest absolute Gasteiger partial charge is 0.100 e. The van der Waals surface area contributed by atoms with Gasteiger partial charge in [0, 0.05) is 18.3 Å². The summed E-state index contributed by atoms with van der Waals surface area (Å²) in [7, 11) is 0. The monoisotopic (exact) mass is 191 g/mol. The Morgan fingerprint density at radius 2 is 2.14 bits per heavy atom. The molecule has 0 saturated heterocycles. The molecule has 0 atom stereocenters. The highest BCUT2D eigenvalue weighted by atomic mass is 14.9. The number of hydrogen-bond donors (Lipinski definition) is 1. The summed E-state index contributed by atoms with van der Waals surface area (Å²) in [4.78, 5) is 8.55. The van der Waals surface area contributed by atoms with E-state index in [0.29, 0.717) is 12.3 Å². The van der Waals surface area contributed by atoms with Gasteiger partial charge in [-0.15, -0.1) is 0 Å². The lowest BCUT2D eigenvalue weighted by atomic mass is 10.1. The van der Waals surface area contributed by atoms with Crippen molar-refractivity contribution in [2.45, 2.75) is 32.7 Å². The van der Waals surface area contributed by atoms with Crippen LogP contribution in [-0.4, -0.2) is 16.4 Å². The molecule has 0 unspecified atom stereocenters. The SMILES string of the molecule is CC(C)(C)N=C(N)Cc1ccccn1. The fraction of sp³-hybridized carbons (Fsp3) is 0.455. The highest BCUT2D eigenvalue weighted by molar-refractivity contribution is 5.82. The predicted molar refractivity (Wildman–Crippen MR) is 59.3 cm³/mol. The zero-order chi connectivity index (χ0) is 10.6. The maximum atomic E-state index is 5.80. The molecule has 76 valence electrons. The molecule has 0 aromatic carbocycles. The average molecular weight is 191 g/mol. The van der Waals surface area contributed by atoms with Crippen molar-refractivity contribution in [2.75, 3.05) is 0 Å². The molecule has 0 aliphatic carbocycles. The lowest BCUT2D eigenvalue weighted by Crippen LogP contribution is -2.22. The van der Waals surface area contributed by atoms with Gasteiger partial charge in [0.05, 0.1) is 5.54 Å². The molecule has 0 bridgehead atoms. The topological polar surface area (TPSA) is 51.3 Å². The third-order valence-electron chi connectivity index (χ3n) is 1.57. The van der Waals surface area contributed by atoms with Gasteiger partial charge in [0.15, 0.2) is 0 Å². The molecule has 1 aromatic heterocycles. The minimum Gasteiger partial charge on any atom is -0.387 e. The Bertz CT molecular complexity index is 309. The van der Waals surface area contributed by atoms with Crippen molar-refractivity contribution in [2.24, 2.45) is 10.7 Å². The minimum atomic E-state index is -0.112. The van der Waals surface area contributed by atoms with Crippen molar-refractivity contribution in [1.82, 2.24) is 4.98 Å². The van der Waals surface area contributed by atoms with E-state index in [1.54, 1.807) is 6.20 Å². The molecule has 0 spiro atoms. The van der Waals surface area contributed by atoms with Crippen LogP contribution < -0.4 is 5.73 Å². The van der Waals surface area contributed by atoms with Crippen molar-refractivity contribution < 1.29 is 0 Å². The summed E-state index contributed by atoms with van der Waals surface area (Å²) < 4.78 is 0. The van der Waals surface area contributed by atoms with Crippen molar-refractivity contribution in [3.8, 4) is 0 Å². The Morgan fingerprint density at radius 3 is 2.64 bits per heavy atom. The third-order valence-corrected chi connectivity index (χ3v) is 1.57. The molecule has 0 aliphatic heterocycles. The van der Waals surface area contributed by atoms with Crippen LogP contribution in [0.1, 0.15) is 26.5 Å². The van der Waals surface area contributed by atoms with E-state index < -0.39 is 0 Å². The summed E-state index contributed by atoms with van der Waals surface area (Å²) >= 11 is 0. The van der Waals surface area contributed by atoms with Crippen LogP contribution in [0.25, 0.3) is 0 Å². The number of hydrogen-bond acceptors (Lipinski definition) is 2. The molecule has 0 aliphatic rings. The summed E-state index contributed by atoms with van der Waals surface area (Å²) in [6, 6.07) is 5.79. The molecule has 2 N–H and O–H groups in total. The molecule has 0 amide bonds. The first kappa shape index (κ1) is 10.7. The van der Waals surface area contributed by atoms with Crippen molar-refractivity contribution in [3.63, 3.8) is 0 Å². The molecule has 14 heavy (non-hydrogen) atoms. The van der Waals surface area contributed by atoms with Crippen LogP contribution in [0.4, 0.5) is 0 Å². The first-order chi connectivity index (χ1) is 6.47. The van der Waals surface area contributed by atoms with Crippen molar-refractivity contribution in [3.05, 3.63) is 30.1 Å². The Hall–Kier alpha value is -1.38. The fourth-order valence-electron chi connectivity index (χ4n) is 1.16. The molecule has 0 radical (unpaired) electrons. The number of aliphatic imine (C=N–C) groups is 1. The maximum Gasteiger partial charge on any atom is 0.100 e. The van der Waals surface area contributed by atoms with Crippen LogP contribution in [0.5, 0.6) is 0 Å². The summed E-state index contributed by atoms with van der Waals surface area (Å²) in [5.74, 6) is 0.635. The zero-order valence-corrected chi connectivity index (χ0v) is 8.99. The van der Waals surface area contributed by atoms with E-state index in [0.717, 1.165) is 5.69 Å². The van der Waals surface area contributed by atoms with Crippen LogP contribution in [0.2, 0.25) is 0 Å². The minimum absolute atomic E-state index is 0.112. The lowest BCUT2D eigenvalue weighted by Gasteiger charge is -2.13. The molecule has 3 heteroatoms. The van der Waals surface area contributed by atoms with Gasteiger partial charge in [-0.25, -0.2) is 0 Å². The highest BCUT2D eigenvalue weighted by Gasteiger charge is 2.08. The van der Waals surface area contributed by atoms with Crippen molar-refractivity contribution in [1.29, 1.82) is 0 Å². The van der Waals surface area contributed by atoms with E-state index in [4.69, 9.17) is 5.73 Å². The summed E-state index contributed by atoms with van der Waals surface area (Å²) in [5.41, 5.74) is 6.65. The number of nitrogens with two attached hydrogens (primary N) is 1. The first-order valence-corrected chi connectivity index (χ1v) is 4.71. The van der Waals surface area contributed by atoms with E-state index in [-0.39, 0.29) is 5.54 Å². The maximum absolute atomic E-state index is 5.80. The normalized spacial score (nSPS) is 12.9.